The zero-order valence-electron chi connectivity index (χ0n) is 14.7. The number of unbranched alkanes of at least 4 members (excludes halogenated alkanes) is 7. The van der Waals surface area contributed by atoms with Crippen LogP contribution in [0.2, 0.25) is 0 Å². The summed E-state index contributed by atoms with van der Waals surface area (Å²) >= 11 is 0. The third kappa shape index (κ3) is 9.71. The first-order valence-corrected chi connectivity index (χ1v) is 9.27. The van der Waals surface area contributed by atoms with Gasteiger partial charge in [0.05, 0.1) is 13.1 Å². The highest BCUT2D eigenvalue weighted by Gasteiger charge is 2.03. The molecule has 21 heavy (non-hydrogen) atoms. The highest BCUT2D eigenvalue weighted by molar-refractivity contribution is 4.66. The Kier molecular flexibility index (Phi) is 10.3. The van der Waals surface area contributed by atoms with Gasteiger partial charge < -0.3 is 0 Å². The van der Waals surface area contributed by atoms with Crippen molar-refractivity contribution in [2.45, 2.75) is 98.1 Å². The summed E-state index contributed by atoms with van der Waals surface area (Å²) in [5.41, 5.74) is 0. The van der Waals surface area contributed by atoms with E-state index in [1.54, 1.807) is 0 Å². The molecular formula is C19H37N2+. The van der Waals surface area contributed by atoms with Gasteiger partial charge in [0.15, 0.2) is 0 Å². The van der Waals surface area contributed by atoms with E-state index in [0.717, 1.165) is 5.92 Å². The summed E-state index contributed by atoms with van der Waals surface area (Å²) in [5, 5.41) is 0. The Morgan fingerprint density at radius 3 is 2.33 bits per heavy atom. The molecule has 1 rings (SSSR count). The van der Waals surface area contributed by atoms with Crippen molar-refractivity contribution in [1.29, 1.82) is 0 Å². The van der Waals surface area contributed by atoms with Gasteiger partial charge in [-0.25, -0.2) is 9.13 Å². The molecule has 1 aromatic heterocycles. The molecule has 0 aliphatic heterocycles. The van der Waals surface area contributed by atoms with E-state index in [-0.39, 0.29) is 0 Å². The van der Waals surface area contributed by atoms with Crippen LogP contribution in [0.5, 0.6) is 0 Å². The molecule has 2 heteroatoms. The van der Waals surface area contributed by atoms with Crippen molar-refractivity contribution in [2.75, 3.05) is 0 Å². The van der Waals surface area contributed by atoms with Crippen molar-refractivity contribution < 1.29 is 4.57 Å². The smallest absolute Gasteiger partial charge is 0.237 e. The largest absolute Gasteiger partial charge is 0.243 e. The minimum atomic E-state index is 0.878. The summed E-state index contributed by atoms with van der Waals surface area (Å²) < 4.78 is 4.69. The molecule has 0 aliphatic rings. The van der Waals surface area contributed by atoms with Gasteiger partial charge in [-0.05, 0) is 31.6 Å². The van der Waals surface area contributed by atoms with E-state index in [1.165, 1.54) is 77.3 Å². The molecule has 0 unspecified atom stereocenters. The van der Waals surface area contributed by atoms with Crippen LogP contribution in [0, 0.1) is 5.92 Å². The zero-order valence-corrected chi connectivity index (χ0v) is 14.7. The molecule has 0 bridgehead atoms. The number of hydrogen-bond acceptors (Lipinski definition) is 0. The van der Waals surface area contributed by atoms with E-state index in [0.29, 0.717) is 0 Å². The van der Waals surface area contributed by atoms with Crippen molar-refractivity contribution in [3.8, 4) is 0 Å². The Morgan fingerprint density at radius 1 is 0.905 bits per heavy atom. The van der Waals surface area contributed by atoms with Crippen molar-refractivity contribution in [2.24, 2.45) is 5.92 Å². The molecular weight excluding hydrogens is 256 g/mol. The topological polar surface area (TPSA) is 8.81 Å². The van der Waals surface area contributed by atoms with Crippen molar-refractivity contribution in [3.05, 3.63) is 18.7 Å². The Labute approximate surface area is 132 Å². The highest BCUT2D eigenvalue weighted by atomic mass is 15.1. The van der Waals surface area contributed by atoms with Gasteiger partial charge in [0.1, 0.15) is 12.4 Å². The van der Waals surface area contributed by atoms with Crippen LogP contribution in [0.1, 0.15) is 85.0 Å². The summed E-state index contributed by atoms with van der Waals surface area (Å²) in [6.07, 6.45) is 20.5. The minimum absolute atomic E-state index is 0.878. The maximum Gasteiger partial charge on any atom is 0.243 e. The second kappa shape index (κ2) is 11.8. The molecule has 2 nitrogen and oxygen atoms in total. The van der Waals surface area contributed by atoms with Gasteiger partial charge in [-0.2, -0.15) is 0 Å². The first kappa shape index (κ1) is 18.3. The third-order valence-corrected chi connectivity index (χ3v) is 4.21. The number of aryl methyl sites for hydroxylation is 2. The van der Waals surface area contributed by atoms with Crippen LogP contribution >= 0.6 is 0 Å². The first-order chi connectivity index (χ1) is 10.2. The SMILES string of the molecule is CCCCCn1cc[n+](CCCCCCCCC(C)C)c1. The lowest BCUT2D eigenvalue weighted by molar-refractivity contribution is -0.696. The predicted octanol–water partition coefficient (Wildman–Crippen LogP) is 5.35. The molecule has 122 valence electrons. The Morgan fingerprint density at radius 2 is 1.62 bits per heavy atom. The van der Waals surface area contributed by atoms with Crippen LogP contribution in [-0.2, 0) is 13.1 Å². The molecule has 1 aromatic rings. The average molecular weight is 294 g/mol. The zero-order chi connectivity index (χ0) is 15.3. The summed E-state index contributed by atoms with van der Waals surface area (Å²) in [7, 11) is 0. The van der Waals surface area contributed by atoms with Crippen LogP contribution < -0.4 is 4.57 Å². The van der Waals surface area contributed by atoms with Gasteiger partial charge >= 0.3 is 0 Å². The summed E-state index contributed by atoms with van der Waals surface area (Å²) in [5.74, 6) is 0.878. The van der Waals surface area contributed by atoms with Crippen molar-refractivity contribution in [1.82, 2.24) is 4.57 Å². The molecule has 1 heterocycles. The lowest BCUT2D eigenvalue weighted by atomic mass is 10.0. The fourth-order valence-corrected chi connectivity index (χ4v) is 2.80. The van der Waals surface area contributed by atoms with Crippen LogP contribution in [-0.4, -0.2) is 4.57 Å². The normalized spacial score (nSPS) is 11.4. The molecule has 0 atom stereocenters. The monoisotopic (exact) mass is 293 g/mol. The molecule has 0 saturated heterocycles. The molecule has 0 spiro atoms. The van der Waals surface area contributed by atoms with Crippen LogP contribution in [0.15, 0.2) is 18.7 Å². The van der Waals surface area contributed by atoms with Gasteiger partial charge in [-0.1, -0.05) is 59.3 Å². The molecule has 0 N–H and O–H groups in total. The van der Waals surface area contributed by atoms with Crippen molar-refractivity contribution >= 4 is 0 Å². The Balaban J connectivity index is 1.97. The molecule has 0 aliphatic carbocycles. The van der Waals surface area contributed by atoms with Crippen LogP contribution in [0.3, 0.4) is 0 Å². The van der Waals surface area contributed by atoms with E-state index >= 15 is 0 Å². The van der Waals surface area contributed by atoms with Crippen LogP contribution in [0.25, 0.3) is 0 Å². The maximum absolute atomic E-state index is 2.35. The Hall–Kier alpha value is -0.790. The molecule has 0 fully saturated rings. The highest BCUT2D eigenvalue weighted by Crippen LogP contribution is 2.11. The number of hydrogen-bond donors (Lipinski definition) is 0. The van der Waals surface area contributed by atoms with Gasteiger partial charge in [0, 0.05) is 0 Å². The quantitative estimate of drug-likeness (QED) is 0.342. The number of nitrogens with zero attached hydrogens (tertiary/aromatic N) is 2. The second-order valence-corrected chi connectivity index (χ2v) is 6.90. The second-order valence-electron chi connectivity index (χ2n) is 6.90. The maximum atomic E-state index is 2.35. The fraction of sp³-hybridized carbons (Fsp3) is 0.842. The first-order valence-electron chi connectivity index (χ1n) is 9.27. The summed E-state index contributed by atoms with van der Waals surface area (Å²) in [4.78, 5) is 0. The van der Waals surface area contributed by atoms with E-state index in [2.05, 4.69) is 48.6 Å². The number of aromatic nitrogens is 2. The van der Waals surface area contributed by atoms with Gasteiger partial charge in [-0.15, -0.1) is 0 Å². The number of imidazole rings is 1. The minimum Gasteiger partial charge on any atom is -0.237 e. The molecule has 0 aromatic carbocycles. The lowest BCUT2D eigenvalue weighted by Gasteiger charge is -2.04. The van der Waals surface area contributed by atoms with E-state index < -0.39 is 0 Å². The molecule has 0 amide bonds. The fourth-order valence-electron chi connectivity index (χ4n) is 2.80. The van der Waals surface area contributed by atoms with Crippen molar-refractivity contribution in [3.63, 3.8) is 0 Å². The molecule has 0 radical (unpaired) electrons. The Bertz CT molecular complexity index is 341. The number of rotatable bonds is 13. The average Bonchev–Trinajstić information content (AvgIpc) is 2.89. The summed E-state index contributed by atoms with van der Waals surface area (Å²) in [6, 6.07) is 0. The van der Waals surface area contributed by atoms with Gasteiger partial charge in [-0.3, -0.25) is 0 Å². The van der Waals surface area contributed by atoms with Gasteiger partial charge in [0.25, 0.3) is 0 Å². The van der Waals surface area contributed by atoms with Gasteiger partial charge in [0.2, 0.25) is 6.33 Å². The summed E-state index contributed by atoms with van der Waals surface area (Å²) in [6.45, 7) is 9.28. The van der Waals surface area contributed by atoms with E-state index in [4.69, 9.17) is 0 Å². The third-order valence-electron chi connectivity index (χ3n) is 4.21. The predicted molar refractivity (Wildman–Crippen MR) is 91.3 cm³/mol. The standard InChI is InChI=1S/C19H37N2/c1-4-5-11-14-20-16-17-21(18-20)15-12-9-7-6-8-10-13-19(2)3/h16-19H,4-15H2,1-3H3/q+1. The van der Waals surface area contributed by atoms with E-state index in [1.807, 2.05) is 0 Å². The van der Waals surface area contributed by atoms with E-state index in [9.17, 15) is 0 Å². The molecule has 0 saturated carbocycles. The lowest BCUT2D eigenvalue weighted by Crippen LogP contribution is -2.30. The van der Waals surface area contributed by atoms with Crippen LogP contribution in [0.4, 0.5) is 0 Å².